The molecule has 1 aliphatic heterocycles. The molecule has 214 valence electrons. The first kappa shape index (κ1) is 28.5. The predicted molar refractivity (Wildman–Crippen MR) is 160 cm³/mol. The van der Waals surface area contributed by atoms with Gasteiger partial charge in [0.2, 0.25) is 0 Å². The highest BCUT2D eigenvalue weighted by Crippen LogP contribution is 2.43. The van der Waals surface area contributed by atoms with E-state index in [1.807, 2.05) is 67.6 Å². The predicted octanol–water partition coefficient (Wildman–Crippen LogP) is 6.68. The van der Waals surface area contributed by atoms with Crippen molar-refractivity contribution in [3.05, 3.63) is 131 Å². The van der Waals surface area contributed by atoms with E-state index in [0.29, 0.717) is 41.6 Å². The summed E-state index contributed by atoms with van der Waals surface area (Å²) in [5, 5.41) is 11.5. The average molecular weight is 564 g/mol. The Balaban J connectivity index is 1.54. The van der Waals surface area contributed by atoms with Gasteiger partial charge in [0.15, 0.2) is 11.5 Å². The Morgan fingerprint density at radius 1 is 0.810 bits per heavy atom. The Kier molecular flexibility index (Phi) is 8.87. The summed E-state index contributed by atoms with van der Waals surface area (Å²) in [6.07, 6.45) is 0.867. The van der Waals surface area contributed by atoms with Gasteiger partial charge < -0.3 is 24.2 Å². The lowest BCUT2D eigenvalue weighted by Gasteiger charge is -2.26. The lowest BCUT2D eigenvalue weighted by atomic mass is 9.94. The quantitative estimate of drug-likeness (QED) is 0.124. The highest BCUT2D eigenvalue weighted by Gasteiger charge is 2.46. The molecule has 0 aromatic heterocycles. The Bertz CT molecular complexity index is 1560. The van der Waals surface area contributed by atoms with Crippen LogP contribution in [0.2, 0.25) is 0 Å². The van der Waals surface area contributed by atoms with Gasteiger partial charge in [-0.2, -0.15) is 0 Å². The molecule has 1 atom stereocenters. The standard InChI is InChI=1S/C35H33NO6/c1-3-20-41-28-17-14-26(15-18-28)33(37)31-32(36(35(39)34(31)38)22-24-10-6-4-7-11-24)27-16-19-29(30(21-27)40-2)42-23-25-12-8-5-9-13-25/h4-19,21,32,37H,3,20,22-23H2,1-2H3/b33-31+. The molecular weight excluding hydrogens is 530 g/mol. The Hall–Kier alpha value is -5.04. The summed E-state index contributed by atoms with van der Waals surface area (Å²) in [6.45, 7) is 3.13. The third kappa shape index (κ3) is 6.15. The third-order valence-electron chi connectivity index (χ3n) is 7.08. The molecule has 4 aromatic rings. The minimum Gasteiger partial charge on any atom is -0.507 e. The van der Waals surface area contributed by atoms with Crippen molar-refractivity contribution in [3.63, 3.8) is 0 Å². The molecule has 4 aromatic carbocycles. The molecule has 1 N–H and O–H groups in total. The molecule has 1 saturated heterocycles. The number of carbonyl (C=O) groups is 2. The minimum absolute atomic E-state index is 0.0122. The molecule has 1 unspecified atom stereocenters. The fourth-order valence-corrected chi connectivity index (χ4v) is 4.96. The van der Waals surface area contributed by atoms with Gasteiger partial charge in [-0.1, -0.05) is 73.7 Å². The number of hydrogen-bond donors (Lipinski definition) is 1. The van der Waals surface area contributed by atoms with E-state index in [0.717, 1.165) is 17.5 Å². The number of nitrogens with zero attached hydrogens (tertiary/aromatic N) is 1. The summed E-state index contributed by atoms with van der Waals surface area (Å²) >= 11 is 0. The first-order chi connectivity index (χ1) is 20.5. The summed E-state index contributed by atoms with van der Waals surface area (Å²) in [4.78, 5) is 28.4. The molecule has 5 rings (SSSR count). The number of aliphatic hydroxyl groups is 1. The van der Waals surface area contributed by atoms with Gasteiger partial charge in [0.25, 0.3) is 11.7 Å². The number of ketones is 1. The van der Waals surface area contributed by atoms with Crippen molar-refractivity contribution in [1.29, 1.82) is 0 Å². The van der Waals surface area contributed by atoms with Crippen LogP contribution in [0, 0.1) is 0 Å². The number of hydrogen-bond acceptors (Lipinski definition) is 6. The van der Waals surface area contributed by atoms with Crippen LogP contribution in [0.4, 0.5) is 0 Å². The zero-order chi connectivity index (χ0) is 29.5. The van der Waals surface area contributed by atoms with Gasteiger partial charge in [-0.25, -0.2) is 0 Å². The van der Waals surface area contributed by atoms with Crippen molar-refractivity contribution in [3.8, 4) is 17.2 Å². The average Bonchev–Trinajstić information content (AvgIpc) is 3.28. The molecular formula is C35H33NO6. The second-order valence-corrected chi connectivity index (χ2v) is 9.97. The molecule has 1 heterocycles. The summed E-state index contributed by atoms with van der Waals surface area (Å²) in [7, 11) is 1.54. The number of methoxy groups -OCH3 is 1. The maximum absolute atomic E-state index is 13.5. The largest absolute Gasteiger partial charge is 0.507 e. The van der Waals surface area contributed by atoms with Crippen LogP contribution in [0.3, 0.4) is 0 Å². The number of ether oxygens (including phenoxy) is 3. The second-order valence-electron chi connectivity index (χ2n) is 9.97. The number of aliphatic hydroxyl groups excluding tert-OH is 1. The van der Waals surface area contributed by atoms with Gasteiger partial charge in [-0.3, -0.25) is 9.59 Å². The second kappa shape index (κ2) is 13.1. The summed E-state index contributed by atoms with van der Waals surface area (Å²) in [5.41, 5.74) is 2.90. The van der Waals surface area contributed by atoms with E-state index in [-0.39, 0.29) is 17.9 Å². The molecule has 7 nitrogen and oxygen atoms in total. The summed E-state index contributed by atoms with van der Waals surface area (Å²) in [5.74, 6) is -0.0525. The highest BCUT2D eigenvalue weighted by molar-refractivity contribution is 6.46. The smallest absolute Gasteiger partial charge is 0.295 e. The third-order valence-corrected chi connectivity index (χ3v) is 7.08. The minimum atomic E-state index is -0.849. The van der Waals surface area contributed by atoms with Crippen molar-refractivity contribution >= 4 is 17.4 Å². The molecule has 1 fully saturated rings. The van der Waals surface area contributed by atoms with E-state index < -0.39 is 17.7 Å². The van der Waals surface area contributed by atoms with Crippen LogP contribution in [0.1, 0.15) is 41.6 Å². The van der Waals surface area contributed by atoms with Crippen molar-refractivity contribution in [1.82, 2.24) is 4.90 Å². The number of rotatable bonds is 11. The van der Waals surface area contributed by atoms with Crippen LogP contribution in [0.25, 0.3) is 5.76 Å². The van der Waals surface area contributed by atoms with Crippen molar-refractivity contribution in [2.24, 2.45) is 0 Å². The van der Waals surface area contributed by atoms with E-state index >= 15 is 0 Å². The summed E-state index contributed by atoms with van der Waals surface area (Å²) < 4.78 is 17.4. The Morgan fingerprint density at radius 3 is 2.12 bits per heavy atom. The topological polar surface area (TPSA) is 85.3 Å². The lowest BCUT2D eigenvalue weighted by Crippen LogP contribution is -2.29. The van der Waals surface area contributed by atoms with Crippen LogP contribution in [0.5, 0.6) is 17.2 Å². The van der Waals surface area contributed by atoms with Gasteiger partial charge >= 0.3 is 0 Å². The SMILES string of the molecule is CCCOc1ccc(/C(O)=C2\C(=O)C(=O)N(Cc3ccccc3)C2c2ccc(OCc3ccccc3)c(OC)c2)cc1. The van der Waals surface area contributed by atoms with Crippen LogP contribution in [0.15, 0.2) is 109 Å². The van der Waals surface area contributed by atoms with Crippen molar-refractivity contribution < 1.29 is 28.9 Å². The Morgan fingerprint density at radius 2 is 1.48 bits per heavy atom. The van der Waals surface area contributed by atoms with E-state index in [2.05, 4.69) is 0 Å². The molecule has 0 spiro atoms. The van der Waals surface area contributed by atoms with Crippen LogP contribution in [-0.2, 0) is 22.7 Å². The van der Waals surface area contributed by atoms with Gasteiger partial charge in [0, 0.05) is 12.1 Å². The van der Waals surface area contributed by atoms with Crippen LogP contribution < -0.4 is 14.2 Å². The van der Waals surface area contributed by atoms with Crippen LogP contribution >= 0.6 is 0 Å². The molecule has 0 bridgehead atoms. The van der Waals surface area contributed by atoms with E-state index in [1.165, 1.54) is 12.0 Å². The van der Waals surface area contributed by atoms with Crippen molar-refractivity contribution in [2.75, 3.05) is 13.7 Å². The molecule has 0 radical (unpaired) electrons. The number of benzene rings is 4. The molecule has 7 heteroatoms. The summed E-state index contributed by atoms with van der Waals surface area (Å²) in [6, 6.07) is 30.5. The Labute approximate surface area is 245 Å². The molecule has 42 heavy (non-hydrogen) atoms. The first-order valence-corrected chi connectivity index (χ1v) is 13.9. The van der Waals surface area contributed by atoms with Gasteiger partial charge in [0.1, 0.15) is 18.1 Å². The monoisotopic (exact) mass is 563 g/mol. The van der Waals surface area contributed by atoms with Crippen molar-refractivity contribution in [2.45, 2.75) is 32.5 Å². The number of carbonyl (C=O) groups excluding carboxylic acids is 2. The normalized spacial score (nSPS) is 16.0. The van der Waals surface area contributed by atoms with Crippen LogP contribution in [-0.4, -0.2) is 35.4 Å². The van der Waals surface area contributed by atoms with E-state index in [9.17, 15) is 14.7 Å². The van der Waals surface area contributed by atoms with Gasteiger partial charge in [-0.15, -0.1) is 0 Å². The zero-order valence-corrected chi connectivity index (χ0v) is 23.7. The lowest BCUT2D eigenvalue weighted by molar-refractivity contribution is -0.140. The number of Topliss-reactive ketones (excluding diaryl/α,β-unsaturated/α-hetero) is 1. The maximum atomic E-state index is 13.5. The highest BCUT2D eigenvalue weighted by atomic mass is 16.5. The molecule has 1 aliphatic rings. The molecule has 1 amide bonds. The fraction of sp³-hybridized carbons (Fsp3) is 0.200. The molecule has 0 saturated carbocycles. The number of amides is 1. The molecule has 0 aliphatic carbocycles. The van der Waals surface area contributed by atoms with Gasteiger partial charge in [0.05, 0.1) is 25.3 Å². The van der Waals surface area contributed by atoms with E-state index in [4.69, 9.17) is 14.2 Å². The van der Waals surface area contributed by atoms with E-state index in [1.54, 1.807) is 42.5 Å². The zero-order valence-electron chi connectivity index (χ0n) is 23.7. The van der Waals surface area contributed by atoms with Gasteiger partial charge in [-0.05, 0) is 59.5 Å². The first-order valence-electron chi connectivity index (χ1n) is 13.9. The maximum Gasteiger partial charge on any atom is 0.295 e. The fourth-order valence-electron chi connectivity index (χ4n) is 4.96. The number of likely N-dealkylation sites (tertiary alicyclic amines) is 1.